The van der Waals surface area contributed by atoms with E-state index < -0.39 is 0 Å². The van der Waals surface area contributed by atoms with Crippen molar-refractivity contribution in [2.24, 2.45) is 0 Å². The highest BCUT2D eigenvalue weighted by atomic mass is 35.5. The van der Waals surface area contributed by atoms with E-state index in [1.807, 2.05) is 38.1 Å². The highest BCUT2D eigenvalue weighted by molar-refractivity contribution is 7.98. The molecule has 0 saturated carbocycles. The van der Waals surface area contributed by atoms with E-state index in [1.54, 1.807) is 11.8 Å². The van der Waals surface area contributed by atoms with Crippen molar-refractivity contribution in [3.05, 3.63) is 52.5 Å². The van der Waals surface area contributed by atoms with Gasteiger partial charge in [-0.25, -0.2) is 0 Å². The highest BCUT2D eigenvalue weighted by Crippen LogP contribution is 2.33. The van der Waals surface area contributed by atoms with Crippen LogP contribution >= 0.6 is 23.4 Å². The molecule has 0 spiro atoms. The van der Waals surface area contributed by atoms with Gasteiger partial charge in [0.15, 0.2) is 0 Å². The lowest BCUT2D eigenvalue weighted by Crippen LogP contribution is -1.94. The zero-order valence-corrected chi connectivity index (χ0v) is 13.2. The number of nitrogens with two attached hydrogens (primary N) is 1. The first-order valence-electron chi connectivity index (χ1n) is 6.50. The first kappa shape index (κ1) is 15.1. The lowest BCUT2D eigenvalue weighted by Gasteiger charge is -2.10. The van der Waals surface area contributed by atoms with Crippen LogP contribution in [-0.4, -0.2) is 6.61 Å². The van der Waals surface area contributed by atoms with Crippen molar-refractivity contribution >= 4 is 29.1 Å². The van der Waals surface area contributed by atoms with Crippen LogP contribution in [0.3, 0.4) is 0 Å². The van der Waals surface area contributed by atoms with E-state index in [0.29, 0.717) is 6.61 Å². The largest absolute Gasteiger partial charge is 0.494 e. The van der Waals surface area contributed by atoms with Crippen molar-refractivity contribution < 1.29 is 4.74 Å². The average Bonchev–Trinajstić information content (AvgIpc) is 2.41. The molecule has 0 aliphatic rings. The molecule has 0 unspecified atom stereocenters. The molecule has 0 aromatic heterocycles. The number of ether oxygens (including phenoxy) is 1. The fourth-order valence-electron chi connectivity index (χ4n) is 1.82. The van der Waals surface area contributed by atoms with E-state index in [2.05, 4.69) is 12.1 Å². The smallest absolute Gasteiger partial charge is 0.120 e. The molecule has 2 rings (SSSR count). The Morgan fingerprint density at radius 1 is 1.20 bits per heavy atom. The van der Waals surface area contributed by atoms with Gasteiger partial charge >= 0.3 is 0 Å². The fourth-order valence-corrected chi connectivity index (χ4v) is 3.20. The number of aryl methyl sites for hydroxylation is 1. The van der Waals surface area contributed by atoms with Crippen LogP contribution in [0.15, 0.2) is 41.3 Å². The summed E-state index contributed by atoms with van der Waals surface area (Å²) in [6, 6.07) is 11.9. The number of halogens is 1. The third-order valence-electron chi connectivity index (χ3n) is 2.89. The van der Waals surface area contributed by atoms with Crippen molar-refractivity contribution in [3.8, 4) is 5.75 Å². The number of rotatable bonds is 5. The standard InChI is InChI=1S/C16H18ClNOS/c1-3-19-13-6-7-15(18)16(9-13)20-10-12-5-4-11(2)8-14(12)17/h4-9H,3,10,18H2,1-2H3. The molecule has 4 heteroatoms. The summed E-state index contributed by atoms with van der Waals surface area (Å²) in [7, 11) is 0. The van der Waals surface area contributed by atoms with E-state index in [9.17, 15) is 0 Å². The van der Waals surface area contributed by atoms with E-state index >= 15 is 0 Å². The van der Waals surface area contributed by atoms with Crippen molar-refractivity contribution in [2.45, 2.75) is 24.5 Å². The van der Waals surface area contributed by atoms with Gasteiger partial charge in [-0.15, -0.1) is 11.8 Å². The van der Waals surface area contributed by atoms with Crippen LogP contribution in [0, 0.1) is 6.92 Å². The molecule has 0 heterocycles. The number of nitrogen functional groups attached to an aromatic ring is 1. The normalized spacial score (nSPS) is 10.6. The zero-order chi connectivity index (χ0) is 14.5. The molecule has 0 fully saturated rings. The minimum atomic E-state index is 0.651. The Kier molecular flexibility index (Phi) is 5.21. The van der Waals surface area contributed by atoms with Crippen LogP contribution in [0.5, 0.6) is 5.75 Å². The number of hydrogen-bond donors (Lipinski definition) is 1. The Hall–Kier alpha value is -1.32. The van der Waals surface area contributed by atoms with Gasteiger partial charge < -0.3 is 10.5 Å². The van der Waals surface area contributed by atoms with Crippen molar-refractivity contribution in [3.63, 3.8) is 0 Å². The first-order valence-corrected chi connectivity index (χ1v) is 7.86. The molecule has 0 radical (unpaired) electrons. The maximum Gasteiger partial charge on any atom is 0.120 e. The number of hydrogen-bond acceptors (Lipinski definition) is 3. The molecule has 0 amide bonds. The summed E-state index contributed by atoms with van der Waals surface area (Å²) in [5.74, 6) is 1.64. The van der Waals surface area contributed by atoms with Gasteiger partial charge in [0.1, 0.15) is 5.75 Å². The van der Waals surface area contributed by atoms with Crippen molar-refractivity contribution in [2.75, 3.05) is 12.3 Å². The summed E-state index contributed by atoms with van der Waals surface area (Å²) in [5, 5.41) is 0.803. The van der Waals surface area contributed by atoms with Crippen LogP contribution in [0.1, 0.15) is 18.1 Å². The first-order chi connectivity index (χ1) is 9.60. The summed E-state index contributed by atoms with van der Waals surface area (Å²) in [5.41, 5.74) is 9.05. The summed E-state index contributed by atoms with van der Waals surface area (Å²) in [6.45, 7) is 4.65. The molecule has 0 aliphatic heterocycles. The molecule has 2 N–H and O–H groups in total. The number of benzene rings is 2. The lowest BCUT2D eigenvalue weighted by atomic mass is 10.2. The highest BCUT2D eigenvalue weighted by Gasteiger charge is 2.06. The Labute approximate surface area is 129 Å². The molecule has 20 heavy (non-hydrogen) atoms. The van der Waals surface area contributed by atoms with Gasteiger partial charge in [0.25, 0.3) is 0 Å². The Morgan fingerprint density at radius 2 is 2.00 bits per heavy atom. The number of anilines is 1. The van der Waals surface area contributed by atoms with Crippen LogP contribution in [0.2, 0.25) is 5.02 Å². The summed E-state index contributed by atoms with van der Waals surface area (Å²) >= 11 is 7.92. The second-order valence-electron chi connectivity index (χ2n) is 4.52. The van der Waals surface area contributed by atoms with Gasteiger partial charge in [0.05, 0.1) is 6.61 Å². The quantitative estimate of drug-likeness (QED) is 0.629. The molecule has 0 aliphatic carbocycles. The molecular weight excluding hydrogens is 290 g/mol. The summed E-state index contributed by atoms with van der Waals surface area (Å²) in [4.78, 5) is 1.02. The molecule has 2 aromatic rings. The van der Waals surface area contributed by atoms with Crippen LogP contribution in [-0.2, 0) is 5.75 Å². The molecule has 0 bridgehead atoms. The molecule has 0 saturated heterocycles. The van der Waals surface area contributed by atoms with E-state index in [4.69, 9.17) is 22.1 Å². The second kappa shape index (κ2) is 6.91. The Bertz CT molecular complexity index is 601. The summed E-state index contributed by atoms with van der Waals surface area (Å²) < 4.78 is 5.50. The van der Waals surface area contributed by atoms with Gasteiger partial charge in [-0.2, -0.15) is 0 Å². The predicted molar refractivity (Wildman–Crippen MR) is 87.8 cm³/mol. The van der Waals surface area contributed by atoms with E-state index in [0.717, 1.165) is 32.7 Å². The van der Waals surface area contributed by atoms with E-state index in [-0.39, 0.29) is 0 Å². The maximum absolute atomic E-state index is 6.25. The van der Waals surface area contributed by atoms with Crippen molar-refractivity contribution in [1.29, 1.82) is 0 Å². The minimum Gasteiger partial charge on any atom is -0.494 e. The van der Waals surface area contributed by atoms with Crippen LogP contribution in [0.4, 0.5) is 5.69 Å². The maximum atomic E-state index is 6.25. The van der Waals surface area contributed by atoms with Crippen LogP contribution in [0.25, 0.3) is 0 Å². The van der Waals surface area contributed by atoms with Crippen LogP contribution < -0.4 is 10.5 Å². The van der Waals surface area contributed by atoms with Gasteiger partial charge in [0.2, 0.25) is 0 Å². The van der Waals surface area contributed by atoms with E-state index in [1.165, 1.54) is 5.56 Å². The van der Waals surface area contributed by atoms with Gasteiger partial charge in [0, 0.05) is 21.4 Å². The third kappa shape index (κ3) is 3.84. The molecular formula is C16H18ClNOS. The average molecular weight is 308 g/mol. The SMILES string of the molecule is CCOc1ccc(N)c(SCc2ccc(C)cc2Cl)c1. The molecule has 2 aromatic carbocycles. The summed E-state index contributed by atoms with van der Waals surface area (Å²) in [6.07, 6.45) is 0. The topological polar surface area (TPSA) is 35.2 Å². The fraction of sp³-hybridized carbons (Fsp3) is 0.250. The zero-order valence-electron chi connectivity index (χ0n) is 11.7. The monoisotopic (exact) mass is 307 g/mol. The minimum absolute atomic E-state index is 0.651. The Morgan fingerprint density at radius 3 is 2.70 bits per heavy atom. The third-order valence-corrected chi connectivity index (χ3v) is 4.36. The molecule has 0 atom stereocenters. The van der Waals surface area contributed by atoms with Gasteiger partial charge in [-0.1, -0.05) is 23.7 Å². The van der Waals surface area contributed by atoms with Gasteiger partial charge in [-0.3, -0.25) is 0 Å². The molecule has 2 nitrogen and oxygen atoms in total. The molecule has 106 valence electrons. The lowest BCUT2D eigenvalue weighted by molar-refractivity contribution is 0.339. The second-order valence-corrected chi connectivity index (χ2v) is 5.94. The Balaban J connectivity index is 2.11. The predicted octanol–water partition coefficient (Wildman–Crippen LogP) is 4.92. The number of thioether (sulfide) groups is 1. The van der Waals surface area contributed by atoms with Gasteiger partial charge in [-0.05, 0) is 49.2 Å². The van der Waals surface area contributed by atoms with Crippen molar-refractivity contribution in [1.82, 2.24) is 0 Å².